The number of rotatable bonds is 7. The van der Waals surface area contributed by atoms with Crippen molar-refractivity contribution in [3.8, 4) is 0 Å². The van der Waals surface area contributed by atoms with Gasteiger partial charge in [0, 0.05) is 16.8 Å². The molecule has 0 aromatic carbocycles. The molecule has 0 fully saturated rings. The van der Waals surface area contributed by atoms with Gasteiger partial charge in [0.05, 0.1) is 0 Å². The topological polar surface area (TPSA) is 38.0 Å². The van der Waals surface area contributed by atoms with Crippen molar-refractivity contribution in [1.29, 1.82) is 0 Å². The highest BCUT2D eigenvalue weighted by Gasteiger charge is 2.24. The van der Waals surface area contributed by atoms with E-state index in [9.17, 15) is 0 Å². The molecule has 1 aromatic heterocycles. The van der Waals surface area contributed by atoms with E-state index in [0.29, 0.717) is 11.8 Å². The molecule has 0 bridgehead atoms. The lowest BCUT2D eigenvalue weighted by molar-refractivity contribution is 0.353. The molecular weight excluding hydrogens is 240 g/mol. The van der Waals surface area contributed by atoms with Crippen molar-refractivity contribution < 1.29 is 0 Å². The summed E-state index contributed by atoms with van der Waals surface area (Å²) in [6.45, 7) is 14.1. The maximum Gasteiger partial charge on any atom is 0.0143 e. The number of thiophene rings is 1. The molecule has 1 heterocycles. The average molecular weight is 268 g/mol. The number of aryl methyl sites for hydroxylation is 1. The van der Waals surface area contributed by atoms with Crippen molar-refractivity contribution in [3.05, 3.63) is 21.9 Å². The van der Waals surface area contributed by atoms with Crippen LogP contribution in [0.5, 0.6) is 0 Å². The molecule has 104 valence electrons. The van der Waals surface area contributed by atoms with Gasteiger partial charge in [-0.1, -0.05) is 27.7 Å². The van der Waals surface area contributed by atoms with Crippen LogP contribution in [0.25, 0.3) is 0 Å². The van der Waals surface area contributed by atoms with Crippen LogP contribution in [-0.2, 0) is 5.41 Å². The first-order chi connectivity index (χ1) is 8.38. The molecule has 18 heavy (non-hydrogen) atoms. The van der Waals surface area contributed by atoms with E-state index in [1.165, 1.54) is 10.4 Å². The quantitative estimate of drug-likeness (QED) is 0.797. The smallest absolute Gasteiger partial charge is 0.0143 e. The fourth-order valence-corrected chi connectivity index (χ4v) is 3.36. The van der Waals surface area contributed by atoms with E-state index in [2.05, 4.69) is 51.4 Å². The Morgan fingerprint density at radius 3 is 2.50 bits per heavy atom. The van der Waals surface area contributed by atoms with Crippen LogP contribution in [-0.4, -0.2) is 19.6 Å². The third-order valence-electron chi connectivity index (χ3n) is 3.70. The molecule has 0 amide bonds. The summed E-state index contributed by atoms with van der Waals surface area (Å²) in [7, 11) is 0. The summed E-state index contributed by atoms with van der Waals surface area (Å²) < 4.78 is 0. The first kappa shape index (κ1) is 15.7. The SMILES string of the molecule is Cc1ccsc1C(C)(C)CNCC(CN)C(C)C. The predicted octanol–water partition coefficient (Wildman–Crippen LogP) is 3.15. The first-order valence-electron chi connectivity index (χ1n) is 6.84. The molecule has 1 unspecified atom stereocenters. The lowest BCUT2D eigenvalue weighted by atomic mass is 9.88. The van der Waals surface area contributed by atoms with Crippen LogP contribution in [0.2, 0.25) is 0 Å². The van der Waals surface area contributed by atoms with E-state index in [4.69, 9.17) is 5.73 Å². The van der Waals surface area contributed by atoms with E-state index in [-0.39, 0.29) is 5.41 Å². The van der Waals surface area contributed by atoms with Crippen LogP contribution >= 0.6 is 11.3 Å². The molecule has 0 aliphatic heterocycles. The summed E-state index contributed by atoms with van der Waals surface area (Å²) in [5.41, 5.74) is 7.42. The zero-order valence-corrected chi connectivity index (χ0v) is 13.2. The maximum absolute atomic E-state index is 5.80. The molecule has 1 rings (SSSR count). The standard InChI is InChI=1S/C15H28N2S/c1-11(2)13(8-16)9-17-10-15(4,5)14-12(3)6-7-18-14/h6-7,11,13,17H,8-10,16H2,1-5H3. The van der Waals surface area contributed by atoms with Gasteiger partial charge in [0.25, 0.3) is 0 Å². The monoisotopic (exact) mass is 268 g/mol. The van der Waals surface area contributed by atoms with Gasteiger partial charge < -0.3 is 11.1 Å². The van der Waals surface area contributed by atoms with E-state index >= 15 is 0 Å². The second kappa shape index (κ2) is 6.69. The lowest BCUT2D eigenvalue weighted by Gasteiger charge is -2.27. The summed E-state index contributed by atoms with van der Waals surface area (Å²) in [4.78, 5) is 1.49. The second-order valence-electron chi connectivity index (χ2n) is 6.19. The van der Waals surface area contributed by atoms with E-state index in [0.717, 1.165) is 19.6 Å². The Labute approximate surface area is 116 Å². The second-order valence-corrected chi connectivity index (χ2v) is 7.10. The van der Waals surface area contributed by atoms with Crippen molar-refractivity contribution in [2.45, 2.75) is 40.0 Å². The van der Waals surface area contributed by atoms with Gasteiger partial charge in [-0.05, 0) is 48.9 Å². The zero-order chi connectivity index (χ0) is 13.8. The molecule has 0 aliphatic rings. The fraction of sp³-hybridized carbons (Fsp3) is 0.733. The number of hydrogen-bond acceptors (Lipinski definition) is 3. The Kier molecular flexibility index (Phi) is 5.83. The van der Waals surface area contributed by atoms with Gasteiger partial charge in [0.1, 0.15) is 0 Å². The highest BCUT2D eigenvalue weighted by molar-refractivity contribution is 7.10. The van der Waals surface area contributed by atoms with Crippen LogP contribution in [0.4, 0.5) is 0 Å². The molecule has 0 saturated heterocycles. The van der Waals surface area contributed by atoms with Gasteiger partial charge in [-0.3, -0.25) is 0 Å². The minimum atomic E-state index is 0.203. The molecule has 1 atom stereocenters. The maximum atomic E-state index is 5.80. The molecule has 2 nitrogen and oxygen atoms in total. The minimum absolute atomic E-state index is 0.203. The zero-order valence-electron chi connectivity index (χ0n) is 12.4. The molecule has 3 heteroatoms. The highest BCUT2D eigenvalue weighted by Crippen LogP contribution is 2.30. The van der Waals surface area contributed by atoms with E-state index < -0.39 is 0 Å². The third kappa shape index (κ3) is 4.08. The largest absolute Gasteiger partial charge is 0.330 e. The number of nitrogens with one attached hydrogen (secondary N) is 1. The Balaban J connectivity index is 2.50. The van der Waals surface area contributed by atoms with Crippen LogP contribution in [0, 0.1) is 18.8 Å². The van der Waals surface area contributed by atoms with Crippen LogP contribution in [0.1, 0.15) is 38.1 Å². The summed E-state index contributed by atoms with van der Waals surface area (Å²) in [6, 6.07) is 2.21. The summed E-state index contributed by atoms with van der Waals surface area (Å²) in [5, 5.41) is 5.78. The number of nitrogens with two attached hydrogens (primary N) is 1. The summed E-state index contributed by atoms with van der Waals surface area (Å²) >= 11 is 1.86. The first-order valence-corrected chi connectivity index (χ1v) is 7.71. The Morgan fingerprint density at radius 2 is 2.06 bits per heavy atom. The van der Waals surface area contributed by atoms with Crippen molar-refractivity contribution in [2.75, 3.05) is 19.6 Å². The molecule has 1 aromatic rings. The van der Waals surface area contributed by atoms with Crippen molar-refractivity contribution >= 4 is 11.3 Å². The van der Waals surface area contributed by atoms with Crippen LogP contribution in [0.15, 0.2) is 11.4 Å². The third-order valence-corrected chi connectivity index (χ3v) is 5.08. The van der Waals surface area contributed by atoms with Gasteiger partial charge >= 0.3 is 0 Å². The Morgan fingerprint density at radius 1 is 1.39 bits per heavy atom. The average Bonchev–Trinajstić information content (AvgIpc) is 2.71. The van der Waals surface area contributed by atoms with Crippen molar-refractivity contribution in [3.63, 3.8) is 0 Å². The molecule has 0 spiro atoms. The molecule has 0 aliphatic carbocycles. The normalized spacial score (nSPS) is 14.2. The van der Waals surface area contributed by atoms with Gasteiger partial charge in [-0.15, -0.1) is 11.3 Å². The molecular formula is C15H28N2S. The van der Waals surface area contributed by atoms with Gasteiger partial charge in [0.15, 0.2) is 0 Å². The predicted molar refractivity (Wildman–Crippen MR) is 82.3 cm³/mol. The van der Waals surface area contributed by atoms with Crippen LogP contribution in [0.3, 0.4) is 0 Å². The highest BCUT2D eigenvalue weighted by atomic mass is 32.1. The van der Waals surface area contributed by atoms with Gasteiger partial charge in [0.2, 0.25) is 0 Å². The fourth-order valence-electron chi connectivity index (χ4n) is 2.31. The Hall–Kier alpha value is -0.380. The van der Waals surface area contributed by atoms with Crippen molar-refractivity contribution in [1.82, 2.24) is 5.32 Å². The van der Waals surface area contributed by atoms with Crippen LogP contribution < -0.4 is 11.1 Å². The summed E-state index contributed by atoms with van der Waals surface area (Å²) in [6.07, 6.45) is 0. The number of hydrogen-bond donors (Lipinski definition) is 2. The lowest BCUT2D eigenvalue weighted by Crippen LogP contribution is -2.38. The molecule has 0 saturated carbocycles. The minimum Gasteiger partial charge on any atom is -0.330 e. The summed E-state index contributed by atoms with van der Waals surface area (Å²) in [5.74, 6) is 1.22. The molecule has 3 N–H and O–H groups in total. The van der Waals surface area contributed by atoms with Gasteiger partial charge in [-0.25, -0.2) is 0 Å². The molecule has 0 radical (unpaired) electrons. The van der Waals surface area contributed by atoms with E-state index in [1.54, 1.807) is 0 Å². The van der Waals surface area contributed by atoms with Gasteiger partial charge in [-0.2, -0.15) is 0 Å². The van der Waals surface area contributed by atoms with E-state index in [1.807, 2.05) is 11.3 Å². The van der Waals surface area contributed by atoms with Crippen molar-refractivity contribution in [2.24, 2.45) is 17.6 Å². The Bertz CT molecular complexity index is 355.